The van der Waals surface area contributed by atoms with Gasteiger partial charge < -0.3 is 10.2 Å². The van der Waals surface area contributed by atoms with Crippen molar-refractivity contribution in [1.82, 2.24) is 4.90 Å². The van der Waals surface area contributed by atoms with Crippen LogP contribution in [-0.4, -0.2) is 31.7 Å². The summed E-state index contributed by atoms with van der Waals surface area (Å²) in [5.41, 5.74) is 2.90. The van der Waals surface area contributed by atoms with Gasteiger partial charge in [-0.2, -0.15) is 5.26 Å². The monoisotopic (exact) mass is 494 g/mol. The van der Waals surface area contributed by atoms with Crippen LogP contribution in [0.15, 0.2) is 53.4 Å². The highest BCUT2D eigenvalue weighted by Crippen LogP contribution is 2.37. The maximum absolute atomic E-state index is 12.8. The number of thiophene rings is 1. The minimum absolute atomic E-state index is 0.0266. The third-order valence-electron chi connectivity index (χ3n) is 5.57. The molecule has 2 heterocycles. The number of hydrogen-bond donors (Lipinski definition) is 2. The van der Waals surface area contributed by atoms with Gasteiger partial charge >= 0.3 is 0 Å². The molecule has 0 fully saturated rings. The molecule has 0 radical (unpaired) electrons. The maximum Gasteiger partial charge on any atom is 0.261 e. The summed E-state index contributed by atoms with van der Waals surface area (Å²) in [7, 11) is -3.75. The van der Waals surface area contributed by atoms with Crippen LogP contribution < -0.4 is 10.0 Å². The van der Waals surface area contributed by atoms with Crippen LogP contribution in [0.5, 0.6) is 0 Å². The van der Waals surface area contributed by atoms with E-state index in [1.165, 1.54) is 54.7 Å². The topological polar surface area (TPSA) is 119 Å². The quantitative estimate of drug-likeness (QED) is 0.558. The zero-order valence-electron chi connectivity index (χ0n) is 18.6. The number of carbonyl (C=O) groups excluding carboxylic acids is 2. The Morgan fingerprint density at radius 3 is 2.38 bits per heavy atom. The van der Waals surface area contributed by atoms with Crippen LogP contribution in [0.2, 0.25) is 0 Å². The van der Waals surface area contributed by atoms with E-state index < -0.39 is 15.9 Å². The van der Waals surface area contributed by atoms with Crippen molar-refractivity contribution in [3.05, 3.63) is 75.7 Å². The normalized spacial score (nSPS) is 13.0. The molecule has 0 unspecified atom stereocenters. The molecule has 0 saturated carbocycles. The molecule has 0 saturated heterocycles. The molecular formula is C24H22N4O4S2. The summed E-state index contributed by atoms with van der Waals surface area (Å²) < 4.78 is 27.6. The number of fused-ring (bicyclic) bond motifs is 1. The molecule has 2 N–H and O–H groups in total. The van der Waals surface area contributed by atoms with Crippen LogP contribution in [0.25, 0.3) is 0 Å². The summed E-state index contributed by atoms with van der Waals surface area (Å²) in [4.78, 5) is 27.2. The lowest BCUT2D eigenvalue weighted by Crippen LogP contribution is -2.33. The van der Waals surface area contributed by atoms with E-state index >= 15 is 0 Å². The smallest absolute Gasteiger partial charge is 0.261 e. The molecule has 174 valence electrons. The van der Waals surface area contributed by atoms with Crippen molar-refractivity contribution < 1.29 is 18.0 Å². The Morgan fingerprint density at radius 2 is 1.76 bits per heavy atom. The zero-order valence-corrected chi connectivity index (χ0v) is 20.2. The van der Waals surface area contributed by atoms with Crippen molar-refractivity contribution >= 4 is 43.9 Å². The second-order valence-corrected chi connectivity index (χ2v) is 10.7. The molecule has 2 aromatic carbocycles. The SMILES string of the molecule is CC(=O)N1CCc2c(sc(NC(=O)c3ccc(NS(=O)(=O)c4ccc(C)cc4)cc3)c2C#N)C1. The molecule has 0 bridgehead atoms. The third-order valence-corrected chi connectivity index (χ3v) is 8.10. The second-order valence-electron chi connectivity index (χ2n) is 7.96. The lowest BCUT2D eigenvalue weighted by Gasteiger charge is -2.25. The first kappa shape index (κ1) is 23.5. The molecule has 3 aromatic rings. The van der Waals surface area contributed by atoms with E-state index in [1.54, 1.807) is 17.0 Å². The van der Waals surface area contributed by atoms with E-state index in [1.807, 2.05) is 6.92 Å². The molecule has 0 aliphatic carbocycles. The summed E-state index contributed by atoms with van der Waals surface area (Å²) in [5.74, 6) is -0.437. The number of nitrogens with one attached hydrogen (secondary N) is 2. The first-order chi connectivity index (χ1) is 16.2. The summed E-state index contributed by atoms with van der Waals surface area (Å²) >= 11 is 1.30. The average Bonchev–Trinajstić information content (AvgIpc) is 3.15. The summed E-state index contributed by atoms with van der Waals surface area (Å²) in [6.07, 6.45) is 0.569. The van der Waals surface area contributed by atoms with Gasteiger partial charge in [0.2, 0.25) is 5.91 Å². The highest BCUT2D eigenvalue weighted by Gasteiger charge is 2.26. The van der Waals surface area contributed by atoms with Gasteiger partial charge in [-0.15, -0.1) is 11.3 Å². The number of benzene rings is 2. The number of carbonyl (C=O) groups is 2. The van der Waals surface area contributed by atoms with Crippen molar-refractivity contribution in [2.75, 3.05) is 16.6 Å². The summed E-state index contributed by atoms with van der Waals surface area (Å²) in [6, 6.07) is 14.7. The van der Waals surface area contributed by atoms with Crippen LogP contribution in [0.4, 0.5) is 10.7 Å². The van der Waals surface area contributed by atoms with Crippen LogP contribution in [0.1, 0.15) is 38.8 Å². The van der Waals surface area contributed by atoms with Crippen LogP contribution in [0.3, 0.4) is 0 Å². The fourth-order valence-electron chi connectivity index (χ4n) is 3.68. The van der Waals surface area contributed by atoms with Gasteiger partial charge in [-0.25, -0.2) is 8.42 Å². The Labute approximate surface area is 201 Å². The fourth-order valence-corrected chi connectivity index (χ4v) is 5.94. The maximum atomic E-state index is 12.8. The van der Waals surface area contributed by atoms with E-state index in [2.05, 4.69) is 16.1 Å². The third kappa shape index (κ3) is 4.81. The standard InChI is InChI=1S/C24H22N4O4S2/c1-15-3-9-19(10-4-15)34(31,32)27-18-7-5-17(6-8-18)23(30)26-24-21(13-25)20-11-12-28(16(2)29)14-22(20)33-24/h3-10,27H,11-12,14H2,1-2H3,(H,26,30). The lowest BCUT2D eigenvalue weighted by atomic mass is 10.0. The molecule has 10 heteroatoms. The van der Waals surface area contributed by atoms with E-state index in [-0.39, 0.29) is 10.8 Å². The van der Waals surface area contributed by atoms with Crippen molar-refractivity contribution in [3.63, 3.8) is 0 Å². The Bertz CT molecular complexity index is 1400. The second kappa shape index (κ2) is 9.29. The molecule has 8 nitrogen and oxygen atoms in total. The fraction of sp³-hybridized carbons (Fsp3) is 0.208. The van der Waals surface area contributed by atoms with Crippen molar-refractivity contribution in [1.29, 1.82) is 5.26 Å². The van der Waals surface area contributed by atoms with Crippen LogP contribution in [0, 0.1) is 18.3 Å². The number of rotatable bonds is 5. The van der Waals surface area contributed by atoms with Gasteiger partial charge in [0.15, 0.2) is 0 Å². The molecule has 0 atom stereocenters. The minimum Gasteiger partial charge on any atom is -0.337 e. The molecule has 0 spiro atoms. The van der Waals surface area contributed by atoms with Gasteiger partial charge in [0.25, 0.3) is 15.9 Å². The molecule has 1 aliphatic rings. The number of anilines is 2. The van der Waals surface area contributed by atoms with Gasteiger partial charge in [-0.1, -0.05) is 17.7 Å². The largest absolute Gasteiger partial charge is 0.337 e. The average molecular weight is 495 g/mol. The van der Waals surface area contributed by atoms with Crippen LogP contribution in [-0.2, 0) is 27.8 Å². The van der Waals surface area contributed by atoms with Gasteiger partial charge in [-0.3, -0.25) is 14.3 Å². The number of amides is 2. The Balaban J connectivity index is 1.48. The molecule has 1 aromatic heterocycles. The molecular weight excluding hydrogens is 472 g/mol. The van der Waals surface area contributed by atoms with Crippen molar-refractivity contribution in [2.24, 2.45) is 0 Å². The zero-order chi connectivity index (χ0) is 24.5. The highest BCUT2D eigenvalue weighted by molar-refractivity contribution is 7.92. The predicted molar refractivity (Wildman–Crippen MR) is 130 cm³/mol. The lowest BCUT2D eigenvalue weighted by molar-refractivity contribution is -0.129. The van der Waals surface area contributed by atoms with Crippen LogP contribution >= 0.6 is 11.3 Å². The van der Waals surface area contributed by atoms with Crippen molar-refractivity contribution in [2.45, 2.75) is 31.7 Å². The molecule has 4 rings (SSSR count). The molecule has 2 amide bonds. The summed E-state index contributed by atoms with van der Waals surface area (Å²) in [6.45, 7) is 4.35. The number of nitriles is 1. The number of nitrogens with zero attached hydrogens (tertiary/aromatic N) is 2. The van der Waals surface area contributed by atoms with Gasteiger partial charge in [-0.05, 0) is 55.3 Å². The predicted octanol–water partition coefficient (Wildman–Crippen LogP) is 3.89. The first-order valence-electron chi connectivity index (χ1n) is 10.5. The number of aryl methyl sites for hydroxylation is 1. The highest BCUT2D eigenvalue weighted by atomic mass is 32.2. The van der Waals surface area contributed by atoms with Gasteiger partial charge in [0, 0.05) is 29.6 Å². The molecule has 34 heavy (non-hydrogen) atoms. The first-order valence-corrected chi connectivity index (χ1v) is 12.8. The van der Waals surface area contributed by atoms with E-state index in [0.717, 1.165) is 16.0 Å². The molecule has 1 aliphatic heterocycles. The van der Waals surface area contributed by atoms with Crippen molar-refractivity contribution in [3.8, 4) is 6.07 Å². The Morgan fingerprint density at radius 1 is 1.09 bits per heavy atom. The number of hydrogen-bond acceptors (Lipinski definition) is 6. The Kier molecular flexibility index (Phi) is 6.41. The number of sulfonamides is 1. The van der Waals surface area contributed by atoms with E-state index in [9.17, 15) is 23.3 Å². The van der Waals surface area contributed by atoms with E-state index in [0.29, 0.717) is 41.3 Å². The minimum atomic E-state index is -3.75. The van der Waals surface area contributed by atoms with Gasteiger partial charge in [0.05, 0.1) is 17.0 Å². The summed E-state index contributed by atoms with van der Waals surface area (Å²) in [5, 5.41) is 12.9. The Hall–Kier alpha value is -3.68. The van der Waals surface area contributed by atoms with Gasteiger partial charge in [0.1, 0.15) is 11.1 Å². The van der Waals surface area contributed by atoms with E-state index in [4.69, 9.17) is 0 Å².